The van der Waals surface area contributed by atoms with Gasteiger partial charge in [0, 0.05) is 26.2 Å². The minimum absolute atomic E-state index is 0.122. The third-order valence-electron chi connectivity index (χ3n) is 4.32. The molecule has 1 aliphatic heterocycles. The molecule has 1 aromatic rings. The molecule has 3 nitrogen and oxygen atoms in total. The topological polar surface area (TPSA) is 23.6 Å². The lowest BCUT2D eigenvalue weighted by Gasteiger charge is -2.34. The maximum Gasteiger partial charge on any atom is 0.226 e. The summed E-state index contributed by atoms with van der Waals surface area (Å²) < 4.78 is 0. The van der Waals surface area contributed by atoms with Crippen molar-refractivity contribution >= 4 is 29.1 Å². The van der Waals surface area contributed by atoms with Crippen LogP contribution in [0.2, 0.25) is 10.0 Å². The van der Waals surface area contributed by atoms with Gasteiger partial charge in [0.25, 0.3) is 0 Å². The summed E-state index contributed by atoms with van der Waals surface area (Å²) in [6.07, 6.45) is 2.06. The number of hydrogen-bond donors (Lipinski definition) is 0. The van der Waals surface area contributed by atoms with Crippen molar-refractivity contribution in [2.45, 2.75) is 33.2 Å². The van der Waals surface area contributed by atoms with Crippen LogP contribution in [-0.2, 0) is 11.3 Å². The zero-order chi connectivity index (χ0) is 16.1. The molecule has 1 aromatic carbocycles. The summed E-state index contributed by atoms with van der Waals surface area (Å²) in [5.41, 5.74) is 1.14. The van der Waals surface area contributed by atoms with Gasteiger partial charge in [0.15, 0.2) is 0 Å². The molecule has 0 radical (unpaired) electrons. The van der Waals surface area contributed by atoms with Crippen molar-refractivity contribution in [1.29, 1.82) is 0 Å². The summed E-state index contributed by atoms with van der Waals surface area (Å²) in [7, 11) is 0. The smallest absolute Gasteiger partial charge is 0.226 e. The predicted octanol–water partition coefficient (Wildman–Crippen LogP) is 4.07. The van der Waals surface area contributed by atoms with Gasteiger partial charge in [-0.25, -0.2) is 0 Å². The van der Waals surface area contributed by atoms with Gasteiger partial charge in [-0.1, -0.05) is 29.3 Å². The van der Waals surface area contributed by atoms with Gasteiger partial charge in [0.1, 0.15) is 0 Å². The van der Waals surface area contributed by atoms with E-state index >= 15 is 0 Å². The highest BCUT2D eigenvalue weighted by Crippen LogP contribution is 2.25. The first-order chi connectivity index (χ1) is 10.5. The molecule has 1 aliphatic rings. The Labute approximate surface area is 143 Å². The number of halogens is 2. The number of nitrogens with zero attached hydrogens (tertiary/aromatic N) is 2. The van der Waals surface area contributed by atoms with Gasteiger partial charge >= 0.3 is 0 Å². The Morgan fingerprint density at radius 1 is 1.27 bits per heavy atom. The van der Waals surface area contributed by atoms with Gasteiger partial charge in [-0.05, 0) is 50.9 Å². The second-order valence-corrected chi connectivity index (χ2v) is 6.65. The first-order valence-corrected chi connectivity index (χ1v) is 8.75. The van der Waals surface area contributed by atoms with E-state index in [1.54, 1.807) is 0 Å². The molecule has 0 unspecified atom stereocenters. The van der Waals surface area contributed by atoms with Crippen LogP contribution in [0, 0.1) is 5.92 Å². The lowest BCUT2D eigenvalue weighted by Crippen LogP contribution is -2.44. The Balaban J connectivity index is 1.98. The van der Waals surface area contributed by atoms with Crippen LogP contribution < -0.4 is 0 Å². The Morgan fingerprint density at radius 3 is 2.64 bits per heavy atom. The van der Waals surface area contributed by atoms with Gasteiger partial charge in [-0.15, -0.1) is 0 Å². The van der Waals surface area contributed by atoms with Crippen LogP contribution in [-0.4, -0.2) is 41.9 Å². The van der Waals surface area contributed by atoms with Gasteiger partial charge < -0.3 is 4.90 Å². The molecular formula is C17H24Cl2N2O. The maximum atomic E-state index is 12.5. The third kappa shape index (κ3) is 4.37. The molecule has 1 fully saturated rings. The van der Waals surface area contributed by atoms with Gasteiger partial charge in [0.05, 0.1) is 16.0 Å². The molecule has 1 atom stereocenters. The number of piperidine rings is 1. The molecule has 5 heteroatoms. The van der Waals surface area contributed by atoms with E-state index in [0.717, 1.165) is 51.1 Å². The van der Waals surface area contributed by atoms with Crippen molar-refractivity contribution in [3.8, 4) is 0 Å². The molecule has 2 rings (SSSR count). The molecule has 122 valence electrons. The molecule has 0 saturated carbocycles. The molecule has 0 aromatic heterocycles. The first-order valence-electron chi connectivity index (χ1n) is 8.00. The summed E-state index contributed by atoms with van der Waals surface area (Å²) in [5, 5.41) is 1.17. The fourth-order valence-corrected chi connectivity index (χ4v) is 3.41. The number of likely N-dealkylation sites (tertiary alicyclic amines) is 1. The predicted molar refractivity (Wildman–Crippen MR) is 92.4 cm³/mol. The highest BCUT2D eigenvalue weighted by molar-refractivity contribution is 6.42. The van der Waals surface area contributed by atoms with Crippen molar-refractivity contribution in [3.05, 3.63) is 33.8 Å². The number of carbonyl (C=O) groups is 1. The summed E-state index contributed by atoms with van der Waals surface area (Å²) >= 11 is 12.0. The van der Waals surface area contributed by atoms with E-state index in [2.05, 4.69) is 4.90 Å². The summed E-state index contributed by atoms with van der Waals surface area (Å²) in [5.74, 6) is 0.417. The van der Waals surface area contributed by atoms with Crippen LogP contribution >= 0.6 is 23.2 Å². The molecular weight excluding hydrogens is 319 g/mol. The minimum Gasteiger partial charge on any atom is -0.343 e. The van der Waals surface area contributed by atoms with Crippen LogP contribution in [0.5, 0.6) is 0 Å². The van der Waals surface area contributed by atoms with E-state index < -0.39 is 0 Å². The van der Waals surface area contributed by atoms with E-state index in [9.17, 15) is 4.79 Å². The van der Waals surface area contributed by atoms with E-state index in [1.165, 1.54) is 0 Å². The molecule has 0 bridgehead atoms. The quantitative estimate of drug-likeness (QED) is 0.804. The third-order valence-corrected chi connectivity index (χ3v) is 5.06. The lowest BCUT2D eigenvalue weighted by molar-refractivity contribution is -0.137. The Morgan fingerprint density at radius 2 is 2.00 bits per heavy atom. The average molecular weight is 343 g/mol. The molecule has 0 N–H and O–H groups in total. The summed E-state index contributed by atoms with van der Waals surface area (Å²) in [4.78, 5) is 16.8. The second kappa shape index (κ2) is 8.19. The minimum atomic E-state index is 0.122. The van der Waals surface area contributed by atoms with Crippen LogP contribution in [0.15, 0.2) is 18.2 Å². The van der Waals surface area contributed by atoms with Crippen LogP contribution in [0.3, 0.4) is 0 Å². The van der Waals surface area contributed by atoms with Gasteiger partial charge in [-0.3, -0.25) is 9.69 Å². The number of hydrogen-bond acceptors (Lipinski definition) is 2. The average Bonchev–Trinajstić information content (AvgIpc) is 2.52. The molecule has 1 saturated heterocycles. The molecule has 1 heterocycles. The van der Waals surface area contributed by atoms with Crippen LogP contribution in [0.1, 0.15) is 32.3 Å². The standard InChI is InChI=1S/C17H24Cl2N2O/c1-3-21(4-2)17(22)14-6-5-9-20(12-14)11-13-7-8-15(18)16(19)10-13/h7-8,10,14H,3-6,9,11-12H2,1-2H3/t14-/m1/s1. The number of rotatable bonds is 5. The van der Waals surface area contributed by atoms with Crippen molar-refractivity contribution in [3.63, 3.8) is 0 Å². The van der Waals surface area contributed by atoms with E-state index in [0.29, 0.717) is 16.0 Å². The number of benzene rings is 1. The van der Waals surface area contributed by atoms with Crippen molar-refractivity contribution < 1.29 is 4.79 Å². The van der Waals surface area contributed by atoms with E-state index in [-0.39, 0.29) is 5.92 Å². The lowest BCUT2D eigenvalue weighted by atomic mass is 9.96. The summed E-state index contributed by atoms with van der Waals surface area (Å²) in [6.45, 7) is 8.34. The zero-order valence-corrected chi connectivity index (χ0v) is 14.8. The Kier molecular flexibility index (Phi) is 6.54. The Hall–Kier alpha value is -0.770. The number of carbonyl (C=O) groups excluding carboxylic acids is 1. The molecule has 0 spiro atoms. The largest absolute Gasteiger partial charge is 0.343 e. The normalized spacial score (nSPS) is 19.2. The Bertz CT molecular complexity index is 517. The highest BCUT2D eigenvalue weighted by Gasteiger charge is 2.28. The van der Waals surface area contributed by atoms with Crippen molar-refractivity contribution in [2.75, 3.05) is 26.2 Å². The molecule has 0 aliphatic carbocycles. The maximum absolute atomic E-state index is 12.5. The van der Waals surface area contributed by atoms with Crippen LogP contribution in [0.4, 0.5) is 0 Å². The fraction of sp³-hybridized carbons (Fsp3) is 0.588. The summed E-state index contributed by atoms with van der Waals surface area (Å²) in [6, 6.07) is 5.76. The first kappa shape index (κ1) is 17.6. The van der Waals surface area contributed by atoms with E-state index in [1.807, 2.05) is 36.9 Å². The number of amides is 1. The zero-order valence-electron chi connectivity index (χ0n) is 13.3. The second-order valence-electron chi connectivity index (χ2n) is 5.83. The molecule has 22 heavy (non-hydrogen) atoms. The van der Waals surface area contributed by atoms with Gasteiger partial charge in [0.2, 0.25) is 5.91 Å². The fourth-order valence-electron chi connectivity index (χ4n) is 3.09. The van der Waals surface area contributed by atoms with Gasteiger partial charge in [-0.2, -0.15) is 0 Å². The van der Waals surface area contributed by atoms with Crippen molar-refractivity contribution in [2.24, 2.45) is 5.92 Å². The molecule has 1 amide bonds. The monoisotopic (exact) mass is 342 g/mol. The van der Waals surface area contributed by atoms with E-state index in [4.69, 9.17) is 23.2 Å². The van der Waals surface area contributed by atoms with Crippen LogP contribution in [0.25, 0.3) is 0 Å². The highest BCUT2D eigenvalue weighted by atomic mass is 35.5. The SMILES string of the molecule is CCN(CC)C(=O)[C@@H]1CCCN(Cc2ccc(Cl)c(Cl)c2)C1. The van der Waals surface area contributed by atoms with Crippen molar-refractivity contribution in [1.82, 2.24) is 9.80 Å².